The van der Waals surface area contributed by atoms with Crippen LogP contribution in [0.5, 0.6) is 5.88 Å². The molecule has 1 aromatic carbocycles. The van der Waals surface area contributed by atoms with Gasteiger partial charge in [0.25, 0.3) is 0 Å². The Labute approximate surface area is 193 Å². The molecule has 0 atom stereocenters. The zero-order chi connectivity index (χ0) is 22.3. The normalized spacial score (nSPS) is 17.6. The molecular formula is C24H30N6O3. The van der Waals surface area contributed by atoms with Crippen LogP contribution in [0.1, 0.15) is 5.69 Å². The van der Waals surface area contributed by atoms with Gasteiger partial charge in [-0.15, -0.1) is 0 Å². The third-order valence-corrected chi connectivity index (χ3v) is 5.91. The second-order valence-electron chi connectivity index (χ2n) is 8.11. The van der Waals surface area contributed by atoms with Gasteiger partial charge in [-0.05, 0) is 12.1 Å². The monoisotopic (exact) mass is 450 g/mol. The summed E-state index contributed by atoms with van der Waals surface area (Å²) in [6.07, 6.45) is 3.65. The molecule has 3 aromatic rings. The van der Waals surface area contributed by atoms with Crippen molar-refractivity contribution in [3.8, 4) is 5.88 Å². The Hall–Kier alpha value is -3.14. The maximum absolute atomic E-state index is 6.05. The molecule has 0 bridgehead atoms. The predicted octanol–water partition coefficient (Wildman–Crippen LogP) is 2.56. The van der Waals surface area contributed by atoms with Crippen molar-refractivity contribution in [3.63, 3.8) is 0 Å². The lowest BCUT2D eigenvalue weighted by atomic mass is 10.2. The third kappa shape index (κ3) is 5.62. The van der Waals surface area contributed by atoms with E-state index < -0.39 is 0 Å². The molecule has 4 heterocycles. The first-order chi connectivity index (χ1) is 16.3. The molecule has 0 amide bonds. The van der Waals surface area contributed by atoms with Crippen LogP contribution >= 0.6 is 0 Å². The zero-order valence-electron chi connectivity index (χ0n) is 18.7. The fraction of sp³-hybridized carbons (Fsp3) is 0.417. The fourth-order valence-corrected chi connectivity index (χ4v) is 4.09. The van der Waals surface area contributed by atoms with E-state index in [1.807, 2.05) is 36.5 Å². The van der Waals surface area contributed by atoms with Crippen molar-refractivity contribution in [2.75, 3.05) is 76.1 Å². The van der Waals surface area contributed by atoms with Gasteiger partial charge in [-0.25, -0.2) is 4.98 Å². The van der Waals surface area contributed by atoms with Gasteiger partial charge < -0.3 is 24.1 Å². The molecule has 0 radical (unpaired) electrons. The highest BCUT2D eigenvalue weighted by Crippen LogP contribution is 2.24. The minimum atomic E-state index is 0.587. The first kappa shape index (κ1) is 21.7. The van der Waals surface area contributed by atoms with Crippen LogP contribution < -0.4 is 15.1 Å². The Morgan fingerprint density at radius 3 is 2.70 bits per heavy atom. The Morgan fingerprint density at radius 1 is 1.06 bits per heavy atom. The summed E-state index contributed by atoms with van der Waals surface area (Å²) in [5.41, 5.74) is 6.93. The Bertz CT molecular complexity index is 1070. The number of hydrazone groups is 1. The van der Waals surface area contributed by atoms with E-state index in [9.17, 15) is 0 Å². The highest BCUT2D eigenvalue weighted by atomic mass is 16.5. The molecule has 2 fully saturated rings. The van der Waals surface area contributed by atoms with Gasteiger partial charge in [0.15, 0.2) is 0 Å². The topological polar surface area (TPSA) is 87.2 Å². The van der Waals surface area contributed by atoms with Crippen LogP contribution in [0.4, 0.5) is 11.4 Å². The maximum Gasteiger partial charge on any atom is 0.215 e. The van der Waals surface area contributed by atoms with Gasteiger partial charge in [0, 0.05) is 61.6 Å². The zero-order valence-corrected chi connectivity index (χ0v) is 18.7. The minimum Gasteiger partial charge on any atom is -0.476 e. The number of aromatic nitrogens is 2. The summed E-state index contributed by atoms with van der Waals surface area (Å²) in [5, 5.41) is 5.53. The number of para-hydroxylation sites is 1. The van der Waals surface area contributed by atoms with E-state index in [0.717, 1.165) is 87.1 Å². The highest BCUT2D eigenvalue weighted by Gasteiger charge is 2.15. The smallest absolute Gasteiger partial charge is 0.215 e. The van der Waals surface area contributed by atoms with Gasteiger partial charge in [-0.2, -0.15) is 5.10 Å². The summed E-state index contributed by atoms with van der Waals surface area (Å²) in [5.74, 6) is 0.612. The van der Waals surface area contributed by atoms with Crippen LogP contribution in [0.15, 0.2) is 47.7 Å². The van der Waals surface area contributed by atoms with E-state index in [1.165, 1.54) is 0 Å². The molecular weight excluding hydrogens is 420 g/mol. The van der Waals surface area contributed by atoms with Gasteiger partial charge in [0.1, 0.15) is 6.61 Å². The van der Waals surface area contributed by atoms with Crippen LogP contribution in [0.25, 0.3) is 10.9 Å². The van der Waals surface area contributed by atoms with Crippen LogP contribution in [-0.2, 0) is 9.47 Å². The summed E-state index contributed by atoms with van der Waals surface area (Å²) in [7, 11) is 0. The standard InChI is InChI=1S/C24H30N6O3/c1-2-4-22-21(3-1)23(18-25-22)28-26-17-19-15-20(30-8-12-32-13-9-30)16-24(27-19)33-14-7-29-5-10-31-11-6-29/h1-4,15-18,25,28H,5-14H2/b26-17+. The lowest BCUT2D eigenvalue weighted by molar-refractivity contribution is 0.0320. The van der Waals surface area contributed by atoms with Gasteiger partial charge in [0.2, 0.25) is 5.88 Å². The molecule has 33 heavy (non-hydrogen) atoms. The lowest BCUT2D eigenvalue weighted by Crippen LogP contribution is -2.38. The summed E-state index contributed by atoms with van der Waals surface area (Å²) < 4.78 is 17.0. The number of hydrogen-bond acceptors (Lipinski definition) is 8. The van der Waals surface area contributed by atoms with Crippen LogP contribution in [0.2, 0.25) is 0 Å². The predicted molar refractivity (Wildman–Crippen MR) is 130 cm³/mol. The molecule has 0 spiro atoms. The number of pyridine rings is 1. The van der Waals surface area contributed by atoms with Crippen molar-refractivity contribution in [1.29, 1.82) is 0 Å². The summed E-state index contributed by atoms with van der Waals surface area (Å²) in [6, 6.07) is 12.2. The van der Waals surface area contributed by atoms with E-state index in [1.54, 1.807) is 6.21 Å². The number of benzene rings is 1. The number of anilines is 2. The number of hydrogen-bond donors (Lipinski definition) is 2. The van der Waals surface area contributed by atoms with Crippen molar-refractivity contribution in [3.05, 3.63) is 48.3 Å². The number of morpholine rings is 2. The minimum absolute atomic E-state index is 0.587. The molecule has 0 unspecified atom stereocenters. The molecule has 5 rings (SSSR count). The van der Waals surface area contributed by atoms with Crippen molar-refractivity contribution in [2.45, 2.75) is 0 Å². The first-order valence-corrected chi connectivity index (χ1v) is 11.5. The van der Waals surface area contributed by atoms with Crippen molar-refractivity contribution >= 4 is 28.5 Å². The molecule has 9 nitrogen and oxygen atoms in total. The van der Waals surface area contributed by atoms with Gasteiger partial charge in [0.05, 0.1) is 44.0 Å². The Kier molecular flexibility index (Phi) is 7.00. The molecule has 0 saturated carbocycles. The average molecular weight is 451 g/mol. The SMILES string of the molecule is C(=N\Nc1c[nH]c2ccccc12)/c1cc(N2CCOCC2)cc(OCCN2CCOCC2)n1. The first-order valence-electron chi connectivity index (χ1n) is 11.5. The van der Waals surface area contributed by atoms with Crippen molar-refractivity contribution < 1.29 is 14.2 Å². The Balaban J connectivity index is 1.29. The lowest BCUT2D eigenvalue weighted by Gasteiger charge is -2.29. The highest BCUT2D eigenvalue weighted by molar-refractivity contribution is 5.92. The number of rotatable bonds is 8. The Morgan fingerprint density at radius 2 is 1.85 bits per heavy atom. The molecule has 2 aliphatic rings. The second-order valence-corrected chi connectivity index (χ2v) is 8.11. The number of nitrogens with zero attached hydrogens (tertiary/aromatic N) is 4. The molecule has 9 heteroatoms. The van der Waals surface area contributed by atoms with E-state index in [-0.39, 0.29) is 0 Å². The maximum atomic E-state index is 6.05. The summed E-state index contributed by atoms with van der Waals surface area (Å²) >= 11 is 0. The number of ether oxygens (including phenoxy) is 3. The molecule has 2 aromatic heterocycles. The van der Waals surface area contributed by atoms with E-state index in [2.05, 4.69) is 36.4 Å². The number of fused-ring (bicyclic) bond motifs is 1. The average Bonchev–Trinajstić information content (AvgIpc) is 3.28. The van der Waals surface area contributed by atoms with Crippen molar-refractivity contribution in [1.82, 2.24) is 14.9 Å². The quantitative estimate of drug-likeness (QED) is 0.403. The second kappa shape index (κ2) is 10.7. The summed E-state index contributed by atoms with van der Waals surface area (Å²) in [6.45, 7) is 8.06. The largest absolute Gasteiger partial charge is 0.476 e. The number of aromatic amines is 1. The summed E-state index contributed by atoms with van der Waals surface area (Å²) in [4.78, 5) is 12.6. The fourth-order valence-electron chi connectivity index (χ4n) is 4.09. The molecule has 174 valence electrons. The van der Waals surface area contributed by atoms with Gasteiger partial charge >= 0.3 is 0 Å². The van der Waals surface area contributed by atoms with E-state index >= 15 is 0 Å². The van der Waals surface area contributed by atoms with Crippen LogP contribution in [0.3, 0.4) is 0 Å². The van der Waals surface area contributed by atoms with Crippen LogP contribution in [-0.4, -0.2) is 86.8 Å². The van der Waals surface area contributed by atoms with Gasteiger partial charge in [-0.1, -0.05) is 18.2 Å². The number of nitrogens with one attached hydrogen (secondary N) is 2. The molecule has 0 aliphatic carbocycles. The third-order valence-electron chi connectivity index (χ3n) is 5.91. The van der Waals surface area contributed by atoms with Crippen molar-refractivity contribution in [2.24, 2.45) is 5.10 Å². The molecule has 2 saturated heterocycles. The molecule has 2 N–H and O–H groups in total. The van der Waals surface area contributed by atoms with E-state index in [0.29, 0.717) is 12.5 Å². The van der Waals surface area contributed by atoms with Crippen LogP contribution in [0, 0.1) is 0 Å². The number of H-pyrrole nitrogens is 1. The van der Waals surface area contributed by atoms with E-state index in [4.69, 9.17) is 14.2 Å². The molecule has 2 aliphatic heterocycles. The van der Waals surface area contributed by atoms with Gasteiger partial charge in [-0.3, -0.25) is 10.3 Å².